The van der Waals surface area contributed by atoms with Crippen molar-refractivity contribution in [2.75, 3.05) is 6.61 Å². The number of carboxylic acids is 2. The lowest BCUT2D eigenvalue weighted by molar-refractivity contribution is -0.146. The molecule has 3 amide bonds. The van der Waals surface area contributed by atoms with Gasteiger partial charge in [0.2, 0.25) is 17.7 Å². The Morgan fingerprint density at radius 2 is 1.45 bits per heavy atom. The minimum atomic E-state index is -1.74. The quantitative estimate of drug-likeness (QED) is 0.146. The van der Waals surface area contributed by atoms with Crippen LogP contribution in [0.3, 0.4) is 0 Å². The fourth-order valence-electron chi connectivity index (χ4n) is 2.72. The second-order valence-corrected chi connectivity index (χ2v) is 7.26. The molecule has 0 aliphatic rings. The van der Waals surface area contributed by atoms with E-state index in [0.717, 1.165) is 6.92 Å². The molecular formula is C20H28N4O9. The molecule has 13 nitrogen and oxygen atoms in total. The third-order valence-electron chi connectivity index (χ3n) is 4.51. The van der Waals surface area contributed by atoms with Crippen LogP contribution in [0, 0.1) is 0 Å². The van der Waals surface area contributed by atoms with E-state index in [1.54, 1.807) is 30.3 Å². The molecule has 5 unspecified atom stereocenters. The maximum atomic E-state index is 12.9. The standard InChI is InChI=1S/C20H28N4O9/c1-10(26)16(20(32)33)24-19(31)14(8-15(27)28)23-18(30)13(22-17(29)12(21)9-25)7-11-5-3-2-4-6-11/h2-6,10,12-14,16,25-26H,7-9,21H2,1H3,(H,22,29)(H,23,30)(H,24,31)(H,27,28)(H,32,33). The molecule has 1 rings (SSSR count). The lowest BCUT2D eigenvalue weighted by Gasteiger charge is -2.25. The summed E-state index contributed by atoms with van der Waals surface area (Å²) in [5.41, 5.74) is 6.09. The van der Waals surface area contributed by atoms with Gasteiger partial charge in [-0.15, -0.1) is 0 Å². The van der Waals surface area contributed by atoms with Gasteiger partial charge in [-0.25, -0.2) is 4.79 Å². The van der Waals surface area contributed by atoms with Crippen LogP contribution < -0.4 is 21.7 Å². The first kappa shape index (κ1) is 27.5. The lowest BCUT2D eigenvalue weighted by atomic mass is 10.0. The minimum Gasteiger partial charge on any atom is -0.481 e. The summed E-state index contributed by atoms with van der Waals surface area (Å²) in [5, 5.41) is 43.3. The predicted octanol–water partition coefficient (Wildman–Crippen LogP) is -3.06. The van der Waals surface area contributed by atoms with Crippen molar-refractivity contribution in [2.45, 2.75) is 50.0 Å². The van der Waals surface area contributed by atoms with Crippen molar-refractivity contribution in [3.05, 3.63) is 35.9 Å². The molecule has 0 bridgehead atoms. The number of amides is 3. The number of nitrogens with one attached hydrogen (secondary N) is 3. The highest BCUT2D eigenvalue weighted by Gasteiger charge is 2.33. The zero-order chi connectivity index (χ0) is 25.1. The van der Waals surface area contributed by atoms with Gasteiger partial charge in [0.25, 0.3) is 0 Å². The van der Waals surface area contributed by atoms with Crippen LogP contribution in [0.15, 0.2) is 30.3 Å². The van der Waals surface area contributed by atoms with E-state index in [1.165, 1.54) is 0 Å². The summed E-state index contributed by atoms with van der Waals surface area (Å²) in [5.74, 6) is -5.98. The van der Waals surface area contributed by atoms with Crippen molar-refractivity contribution in [1.29, 1.82) is 0 Å². The monoisotopic (exact) mass is 468 g/mol. The Kier molecular flexibility index (Phi) is 10.9. The van der Waals surface area contributed by atoms with Crippen molar-refractivity contribution in [2.24, 2.45) is 5.73 Å². The summed E-state index contributed by atoms with van der Waals surface area (Å²) >= 11 is 0. The van der Waals surface area contributed by atoms with Gasteiger partial charge in [-0.3, -0.25) is 19.2 Å². The molecular weight excluding hydrogens is 440 g/mol. The number of carboxylic acid groups (broad SMARTS) is 2. The molecule has 13 heteroatoms. The van der Waals surface area contributed by atoms with Gasteiger partial charge in [0, 0.05) is 6.42 Å². The fourth-order valence-corrected chi connectivity index (χ4v) is 2.72. The smallest absolute Gasteiger partial charge is 0.328 e. The van der Waals surface area contributed by atoms with E-state index in [1.807, 2.05) is 5.32 Å². The largest absolute Gasteiger partial charge is 0.481 e. The highest BCUT2D eigenvalue weighted by atomic mass is 16.4. The van der Waals surface area contributed by atoms with Gasteiger partial charge < -0.3 is 42.1 Å². The molecule has 9 N–H and O–H groups in total. The molecule has 0 fully saturated rings. The first-order chi connectivity index (χ1) is 15.5. The molecule has 0 aliphatic heterocycles. The van der Waals surface area contributed by atoms with Crippen LogP contribution in [0.1, 0.15) is 18.9 Å². The number of nitrogens with two attached hydrogens (primary N) is 1. The maximum Gasteiger partial charge on any atom is 0.328 e. The van der Waals surface area contributed by atoms with E-state index in [-0.39, 0.29) is 6.42 Å². The van der Waals surface area contributed by atoms with Crippen LogP contribution in [-0.4, -0.2) is 87.0 Å². The molecule has 0 radical (unpaired) electrons. The van der Waals surface area contributed by atoms with Crippen LogP contribution in [0.25, 0.3) is 0 Å². The van der Waals surface area contributed by atoms with E-state index in [9.17, 15) is 29.1 Å². The molecule has 0 saturated carbocycles. The molecule has 33 heavy (non-hydrogen) atoms. The van der Waals surface area contributed by atoms with E-state index in [0.29, 0.717) is 5.56 Å². The van der Waals surface area contributed by atoms with Gasteiger partial charge in [-0.1, -0.05) is 30.3 Å². The Hall–Kier alpha value is -3.55. The average Bonchev–Trinajstić information content (AvgIpc) is 2.75. The lowest BCUT2D eigenvalue weighted by Crippen LogP contribution is -2.59. The molecule has 0 saturated heterocycles. The number of aliphatic carboxylic acids is 2. The topological polar surface area (TPSA) is 228 Å². The van der Waals surface area contributed by atoms with Crippen molar-refractivity contribution in [1.82, 2.24) is 16.0 Å². The molecule has 0 aromatic heterocycles. The van der Waals surface area contributed by atoms with Crippen molar-refractivity contribution in [3.8, 4) is 0 Å². The highest BCUT2D eigenvalue weighted by Crippen LogP contribution is 2.06. The molecule has 0 spiro atoms. The molecule has 0 heterocycles. The van der Waals surface area contributed by atoms with Crippen LogP contribution in [-0.2, 0) is 30.4 Å². The Morgan fingerprint density at radius 1 is 0.909 bits per heavy atom. The summed E-state index contributed by atoms with van der Waals surface area (Å²) in [4.78, 5) is 59.9. The number of aliphatic hydroxyl groups is 2. The number of benzene rings is 1. The normalized spacial score (nSPS) is 15.3. The fraction of sp³-hybridized carbons (Fsp3) is 0.450. The van der Waals surface area contributed by atoms with Crippen LogP contribution >= 0.6 is 0 Å². The molecule has 1 aromatic rings. The zero-order valence-electron chi connectivity index (χ0n) is 17.8. The second kappa shape index (κ2) is 13.1. The number of rotatable bonds is 13. The van der Waals surface area contributed by atoms with Gasteiger partial charge in [0.05, 0.1) is 19.1 Å². The van der Waals surface area contributed by atoms with Gasteiger partial charge in [0.1, 0.15) is 18.1 Å². The van der Waals surface area contributed by atoms with E-state index in [2.05, 4.69) is 10.6 Å². The van der Waals surface area contributed by atoms with Crippen LogP contribution in [0.2, 0.25) is 0 Å². The number of aliphatic hydroxyl groups excluding tert-OH is 2. The van der Waals surface area contributed by atoms with E-state index < -0.39 is 73.0 Å². The summed E-state index contributed by atoms with van der Waals surface area (Å²) in [6.07, 6.45) is -2.45. The van der Waals surface area contributed by atoms with Gasteiger partial charge in [-0.05, 0) is 12.5 Å². The summed E-state index contributed by atoms with van der Waals surface area (Å²) in [7, 11) is 0. The van der Waals surface area contributed by atoms with Crippen molar-refractivity contribution >= 4 is 29.7 Å². The SMILES string of the molecule is CC(O)C(NC(=O)C(CC(=O)O)NC(=O)C(Cc1ccccc1)NC(=O)C(N)CO)C(=O)O. The highest BCUT2D eigenvalue weighted by molar-refractivity contribution is 5.95. The van der Waals surface area contributed by atoms with E-state index >= 15 is 0 Å². The first-order valence-corrected chi connectivity index (χ1v) is 9.90. The van der Waals surface area contributed by atoms with Gasteiger partial charge in [-0.2, -0.15) is 0 Å². The van der Waals surface area contributed by atoms with Crippen LogP contribution in [0.4, 0.5) is 0 Å². The molecule has 182 valence electrons. The van der Waals surface area contributed by atoms with Crippen LogP contribution in [0.5, 0.6) is 0 Å². The predicted molar refractivity (Wildman–Crippen MR) is 113 cm³/mol. The average molecular weight is 468 g/mol. The summed E-state index contributed by atoms with van der Waals surface area (Å²) < 4.78 is 0. The number of carbonyl (C=O) groups is 5. The third kappa shape index (κ3) is 9.22. The number of hydrogen-bond acceptors (Lipinski definition) is 8. The summed E-state index contributed by atoms with van der Waals surface area (Å²) in [6, 6.07) is 2.37. The van der Waals surface area contributed by atoms with Crippen molar-refractivity contribution < 1.29 is 44.4 Å². The Morgan fingerprint density at radius 3 is 1.94 bits per heavy atom. The number of carbonyl (C=O) groups excluding carboxylic acids is 3. The van der Waals surface area contributed by atoms with Crippen molar-refractivity contribution in [3.63, 3.8) is 0 Å². The minimum absolute atomic E-state index is 0.0522. The van der Waals surface area contributed by atoms with Gasteiger partial charge >= 0.3 is 11.9 Å². The Bertz CT molecular complexity index is 847. The molecule has 0 aliphatic carbocycles. The first-order valence-electron chi connectivity index (χ1n) is 9.90. The zero-order valence-corrected chi connectivity index (χ0v) is 17.8. The second-order valence-electron chi connectivity index (χ2n) is 7.26. The Labute approximate surface area is 189 Å². The molecule has 1 aromatic carbocycles. The van der Waals surface area contributed by atoms with Gasteiger partial charge in [0.15, 0.2) is 6.04 Å². The van der Waals surface area contributed by atoms with E-state index in [4.69, 9.17) is 21.1 Å². The third-order valence-corrected chi connectivity index (χ3v) is 4.51. The molecule has 5 atom stereocenters. The Balaban J connectivity index is 3.09. The summed E-state index contributed by atoms with van der Waals surface area (Å²) in [6.45, 7) is 0.422. The maximum absolute atomic E-state index is 12.9. The number of hydrogen-bond donors (Lipinski definition) is 8.